The van der Waals surface area contributed by atoms with Gasteiger partial charge in [-0.25, -0.2) is 0 Å². The first kappa shape index (κ1) is 22.5. The van der Waals surface area contributed by atoms with Gasteiger partial charge in [0.1, 0.15) is 0 Å². The first-order valence-electron chi connectivity index (χ1n) is 1.82. The van der Waals surface area contributed by atoms with Crippen molar-refractivity contribution in [2.24, 2.45) is 0 Å². The fourth-order valence-electron chi connectivity index (χ4n) is 0. The molecular formula is C4H8BaO4Pb. The van der Waals surface area contributed by atoms with Crippen LogP contribution >= 0.6 is 0 Å². The standard InChI is InChI=1S/2C2H4O2.Ba.Pb.2H/c2*1-2(3)4;;;;/h2*1H3,(H,3,4);;;;/q;;;+2;;/p-2. The molecule has 0 saturated heterocycles. The Hall–Kier alpha value is 1.43. The molecule has 54 valence electrons. The summed E-state index contributed by atoms with van der Waals surface area (Å²) in [5.74, 6) is -2.17. The van der Waals surface area contributed by atoms with E-state index in [0.29, 0.717) is 0 Å². The van der Waals surface area contributed by atoms with Crippen molar-refractivity contribution in [2.45, 2.75) is 13.8 Å². The van der Waals surface area contributed by atoms with Gasteiger partial charge in [0.2, 0.25) is 0 Å². The number of hydrogen-bond donors (Lipinski definition) is 0. The molecule has 0 rings (SSSR count). The van der Waals surface area contributed by atoms with Crippen LogP contribution in [0.1, 0.15) is 13.8 Å². The van der Waals surface area contributed by atoms with Crippen molar-refractivity contribution in [1.29, 1.82) is 0 Å². The van der Waals surface area contributed by atoms with Gasteiger partial charge in [0.05, 0.1) is 0 Å². The Morgan fingerprint density at radius 1 is 1.00 bits per heavy atom. The summed E-state index contributed by atoms with van der Waals surface area (Å²) in [4.78, 5) is 17.8. The number of carboxylic acid groups (broad SMARTS) is 2. The predicted octanol–water partition coefficient (Wildman–Crippen LogP) is -3.78. The molecule has 0 spiro atoms. The average molecular weight is 465 g/mol. The molecule has 0 N–H and O–H groups in total. The van der Waals surface area contributed by atoms with Gasteiger partial charge in [-0.05, 0) is 13.8 Å². The summed E-state index contributed by atoms with van der Waals surface area (Å²) in [6.45, 7) is 1.94. The summed E-state index contributed by atoms with van der Waals surface area (Å²) in [6.07, 6.45) is 0. The third-order valence-corrected chi connectivity index (χ3v) is 0. The van der Waals surface area contributed by atoms with Crippen LogP contribution in [0.3, 0.4) is 0 Å². The SMILES string of the molecule is CC(=O)[O-].CC(=O)[O-].[BaH2].[Pb+2]. The number of rotatable bonds is 0. The van der Waals surface area contributed by atoms with E-state index in [4.69, 9.17) is 19.8 Å². The molecule has 0 aromatic carbocycles. The predicted molar refractivity (Wildman–Crippen MR) is 35.7 cm³/mol. The van der Waals surface area contributed by atoms with Crippen LogP contribution in [0, 0.1) is 0 Å². The molecule has 0 aromatic heterocycles. The first-order chi connectivity index (χ1) is 3.46. The molecule has 10 heavy (non-hydrogen) atoms. The van der Waals surface area contributed by atoms with Crippen molar-refractivity contribution in [2.75, 3.05) is 0 Å². The molecule has 2 radical (unpaired) electrons. The van der Waals surface area contributed by atoms with Gasteiger partial charge in [0, 0.05) is 11.9 Å². The van der Waals surface area contributed by atoms with E-state index in [2.05, 4.69) is 0 Å². The second kappa shape index (κ2) is 16.8. The maximum Gasteiger partial charge on any atom is 2.00 e. The van der Waals surface area contributed by atoms with Crippen molar-refractivity contribution in [3.8, 4) is 0 Å². The Labute approximate surface area is 120 Å². The number of aliphatic carboxylic acids is 2. The van der Waals surface area contributed by atoms with Crippen LogP contribution in [0.4, 0.5) is 0 Å². The van der Waals surface area contributed by atoms with Crippen LogP contribution in [0.25, 0.3) is 0 Å². The third-order valence-electron chi connectivity index (χ3n) is 0. The molecule has 0 saturated carbocycles. The summed E-state index contributed by atoms with van der Waals surface area (Å²) >= 11 is 0. The van der Waals surface area contributed by atoms with E-state index in [1.165, 1.54) is 0 Å². The van der Waals surface area contributed by atoms with Crippen LogP contribution in [-0.2, 0) is 9.59 Å². The Morgan fingerprint density at radius 3 is 1.00 bits per heavy atom. The molecule has 0 heterocycles. The van der Waals surface area contributed by atoms with Gasteiger partial charge in [-0.15, -0.1) is 0 Å². The molecule has 0 aromatic rings. The number of carbonyl (C=O) groups is 2. The van der Waals surface area contributed by atoms with Crippen molar-refractivity contribution >= 4 is 88.1 Å². The van der Waals surface area contributed by atoms with E-state index in [-0.39, 0.29) is 76.2 Å². The van der Waals surface area contributed by atoms with Gasteiger partial charge >= 0.3 is 76.2 Å². The fourth-order valence-corrected chi connectivity index (χ4v) is 0. The largest absolute Gasteiger partial charge is 2.00 e. The zero-order chi connectivity index (χ0) is 7.15. The summed E-state index contributed by atoms with van der Waals surface area (Å²) in [7, 11) is 0. The van der Waals surface area contributed by atoms with E-state index in [1.54, 1.807) is 0 Å². The molecule has 0 aliphatic carbocycles. The van der Waals surface area contributed by atoms with Gasteiger partial charge in [-0.1, -0.05) is 0 Å². The van der Waals surface area contributed by atoms with Crippen molar-refractivity contribution < 1.29 is 19.8 Å². The van der Waals surface area contributed by atoms with Gasteiger partial charge < -0.3 is 19.8 Å². The zero-order valence-electron chi connectivity index (χ0n) is 5.13. The maximum absolute atomic E-state index is 8.89. The summed E-state index contributed by atoms with van der Waals surface area (Å²) < 4.78 is 0. The molecule has 0 atom stereocenters. The first-order valence-corrected chi connectivity index (χ1v) is 1.82. The van der Waals surface area contributed by atoms with E-state index >= 15 is 0 Å². The average Bonchev–Trinajstić information content (AvgIpc) is 1.25. The Bertz CT molecular complexity index is 75.3. The molecule has 0 amide bonds. The van der Waals surface area contributed by atoms with E-state index in [9.17, 15) is 0 Å². The van der Waals surface area contributed by atoms with Crippen LogP contribution in [0.5, 0.6) is 0 Å². The smallest absolute Gasteiger partial charge is 2.00 e. The van der Waals surface area contributed by atoms with Crippen molar-refractivity contribution in [3.63, 3.8) is 0 Å². The number of hydrogen-bond acceptors (Lipinski definition) is 4. The van der Waals surface area contributed by atoms with Crippen LogP contribution in [-0.4, -0.2) is 88.1 Å². The summed E-state index contributed by atoms with van der Waals surface area (Å²) in [5, 5.41) is 17.8. The van der Waals surface area contributed by atoms with E-state index in [0.717, 1.165) is 13.8 Å². The quantitative estimate of drug-likeness (QED) is 0.345. The fraction of sp³-hybridized carbons (Fsp3) is 0.500. The summed E-state index contributed by atoms with van der Waals surface area (Å²) in [5.41, 5.74) is 0. The normalized spacial score (nSPS) is 5.00. The molecule has 0 unspecified atom stereocenters. The van der Waals surface area contributed by atoms with Crippen LogP contribution in [0.2, 0.25) is 0 Å². The molecule has 0 bridgehead atoms. The molecule has 6 heteroatoms. The molecular weight excluding hydrogens is 457 g/mol. The van der Waals surface area contributed by atoms with Crippen LogP contribution in [0.15, 0.2) is 0 Å². The Kier molecular flexibility index (Phi) is 37.8. The van der Waals surface area contributed by atoms with Crippen molar-refractivity contribution in [1.82, 2.24) is 0 Å². The van der Waals surface area contributed by atoms with Crippen molar-refractivity contribution in [3.05, 3.63) is 0 Å². The topological polar surface area (TPSA) is 80.3 Å². The van der Waals surface area contributed by atoms with Crippen LogP contribution < -0.4 is 10.2 Å². The zero-order valence-corrected chi connectivity index (χ0v) is 9.02. The number of carbonyl (C=O) groups excluding carboxylic acids is 2. The molecule has 4 nitrogen and oxygen atoms in total. The maximum atomic E-state index is 8.89. The van der Waals surface area contributed by atoms with Gasteiger partial charge in [-0.2, -0.15) is 0 Å². The number of carboxylic acids is 2. The summed E-state index contributed by atoms with van der Waals surface area (Å²) in [6, 6.07) is 0. The molecule has 0 fully saturated rings. The van der Waals surface area contributed by atoms with Gasteiger partial charge in [0.25, 0.3) is 0 Å². The van der Waals surface area contributed by atoms with E-state index < -0.39 is 11.9 Å². The van der Waals surface area contributed by atoms with Gasteiger partial charge in [0.15, 0.2) is 0 Å². The third kappa shape index (κ3) is 327. The monoisotopic (exact) mass is 466 g/mol. The second-order valence-corrected chi connectivity index (χ2v) is 0.983. The molecule has 0 aliphatic rings. The Balaban J connectivity index is -0.0000000300. The minimum absolute atomic E-state index is 0. The van der Waals surface area contributed by atoms with Gasteiger partial charge in [-0.3, -0.25) is 0 Å². The minimum Gasteiger partial charge on any atom is 2.00 e. The van der Waals surface area contributed by atoms with E-state index in [1.807, 2.05) is 0 Å². The molecule has 0 aliphatic heterocycles. The minimum atomic E-state index is -1.08. The second-order valence-electron chi connectivity index (χ2n) is 0.983. The Morgan fingerprint density at radius 2 is 1.00 bits per heavy atom.